The number of benzene rings is 2. The molecule has 116 valence electrons. The second-order valence-corrected chi connectivity index (χ2v) is 7.70. The molecule has 2 aromatic rings. The van der Waals surface area contributed by atoms with E-state index in [1.54, 1.807) is 30.3 Å². The van der Waals surface area contributed by atoms with Crippen LogP contribution in [-0.2, 0) is 9.84 Å². The molecule has 0 amide bonds. The third kappa shape index (κ3) is 2.24. The first kappa shape index (κ1) is 15.1. The summed E-state index contributed by atoms with van der Waals surface area (Å²) in [5, 5.41) is -0.839. The van der Waals surface area contributed by atoms with Crippen LogP contribution in [0.25, 0.3) is 0 Å². The number of halogens is 1. The van der Waals surface area contributed by atoms with Crippen LogP contribution in [-0.4, -0.2) is 25.8 Å². The number of nitrogens with two attached hydrogens (primary N) is 2. The van der Waals surface area contributed by atoms with E-state index < -0.39 is 32.4 Å². The van der Waals surface area contributed by atoms with Gasteiger partial charge in [-0.2, -0.15) is 0 Å². The van der Waals surface area contributed by atoms with Crippen molar-refractivity contribution in [3.8, 4) is 0 Å². The molecule has 0 aliphatic heterocycles. The maximum absolute atomic E-state index is 13.4. The molecule has 0 saturated heterocycles. The highest BCUT2D eigenvalue weighted by Gasteiger charge is 2.68. The molecule has 1 fully saturated rings. The van der Waals surface area contributed by atoms with Crippen molar-refractivity contribution in [2.75, 3.05) is 6.54 Å². The highest BCUT2D eigenvalue weighted by Crippen LogP contribution is 2.55. The summed E-state index contributed by atoms with van der Waals surface area (Å²) in [6.45, 7) is 0.0188. The quantitative estimate of drug-likeness (QED) is 0.892. The summed E-state index contributed by atoms with van der Waals surface area (Å²) >= 11 is 0. The lowest BCUT2D eigenvalue weighted by Gasteiger charge is -2.08. The number of rotatable bonds is 4. The standard InChI is InChI=1S/C16H17FN2O2S/c17-12-6-4-5-11(9-12)14-15(16(14,19)10-18)22(20,21)13-7-2-1-3-8-13/h1-9,14-15H,10,18-19H2/t14-,15+,16+/m1/s1. The summed E-state index contributed by atoms with van der Waals surface area (Å²) in [7, 11) is -3.62. The molecule has 0 unspecified atom stereocenters. The summed E-state index contributed by atoms with van der Waals surface area (Å²) in [6, 6.07) is 14.0. The largest absolute Gasteiger partial charge is 0.329 e. The first-order valence-corrected chi connectivity index (χ1v) is 8.49. The normalized spacial score (nSPS) is 27.6. The van der Waals surface area contributed by atoms with Crippen molar-refractivity contribution in [3.63, 3.8) is 0 Å². The van der Waals surface area contributed by atoms with Gasteiger partial charge in [0, 0.05) is 12.5 Å². The molecular weight excluding hydrogens is 303 g/mol. The fraction of sp³-hybridized carbons (Fsp3) is 0.250. The third-order valence-corrected chi connectivity index (χ3v) is 6.58. The SMILES string of the molecule is NC[C@]1(N)[C@H](c2cccc(F)c2)[C@@H]1S(=O)(=O)c1ccccc1. The summed E-state index contributed by atoms with van der Waals surface area (Å²) in [6.07, 6.45) is 0. The molecule has 22 heavy (non-hydrogen) atoms. The van der Waals surface area contributed by atoms with Gasteiger partial charge >= 0.3 is 0 Å². The topological polar surface area (TPSA) is 86.2 Å². The minimum Gasteiger partial charge on any atom is -0.329 e. The van der Waals surface area contributed by atoms with Crippen molar-refractivity contribution in [1.29, 1.82) is 0 Å². The van der Waals surface area contributed by atoms with Gasteiger partial charge in [-0.25, -0.2) is 12.8 Å². The van der Waals surface area contributed by atoms with Gasteiger partial charge in [0.05, 0.1) is 15.7 Å². The Balaban J connectivity index is 2.04. The first-order valence-electron chi connectivity index (χ1n) is 6.94. The van der Waals surface area contributed by atoms with Gasteiger partial charge in [0.1, 0.15) is 5.82 Å². The van der Waals surface area contributed by atoms with Crippen LogP contribution in [0.2, 0.25) is 0 Å². The second kappa shape index (κ2) is 5.15. The van der Waals surface area contributed by atoms with Crippen molar-refractivity contribution in [2.24, 2.45) is 11.5 Å². The molecule has 0 aromatic heterocycles. The minimum absolute atomic E-state index is 0.0188. The molecule has 3 rings (SSSR count). The van der Waals surface area contributed by atoms with E-state index in [0.717, 1.165) is 0 Å². The molecule has 0 bridgehead atoms. The minimum atomic E-state index is -3.62. The zero-order valence-corrected chi connectivity index (χ0v) is 12.6. The fourth-order valence-corrected chi connectivity index (χ4v) is 5.42. The van der Waals surface area contributed by atoms with Gasteiger partial charge in [-0.15, -0.1) is 0 Å². The summed E-state index contributed by atoms with van der Waals surface area (Å²) < 4.78 is 39.1. The maximum atomic E-state index is 13.4. The van der Waals surface area contributed by atoms with E-state index in [0.29, 0.717) is 5.56 Å². The van der Waals surface area contributed by atoms with Gasteiger partial charge in [0.2, 0.25) is 0 Å². The van der Waals surface area contributed by atoms with Crippen molar-refractivity contribution in [1.82, 2.24) is 0 Å². The van der Waals surface area contributed by atoms with Crippen LogP contribution >= 0.6 is 0 Å². The van der Waals surface area contributed by atoms with Gasteiger partial charge in [-0.1, -0.05) is 30.3 Å². The van der Waals surface area contributed by atoms with Gasteiger partial charge in [-0.3, -0.25) is 0 Å². The van der Waals surface area contributed by atoms with Crippen molar-refractivity contribution in [3.05, 3.63) is 66.0 Å². The molecule has 0 spiro atoms. The molecule has 1 saturated carbocycles. The molecule has 2 aromatic carbocycles. The van der Waals surface area contributed by atoms with E-state index >= 15 is 0 Å². The average Bonchev–Trinajstić information content (AvgIpc) is 3.16. The average molecular weight is 320 g/mol. The molecule has 1 aliphatic rings. The smallest absolute Gasteiger partial charge is 0.183 e. The highest BCUT2D eigenvalue weighted by atomic mass is 32.2. The molecule has 0 radical (unpaired) electrons. The zero-order chi connectivity index (χ0) is 16.0. The number of hydrogen-bond donors (Lipinski definition) is 2. The Morgan fingerprint density at radius 3 is 2.36 bits per heavy atom. The van der Waals surface area contributed by atoms with Crippen molar-refractivity contribution < 1.29 is 12.8 Å². The maximum Gasteiger partial charge on any atom is 0.183 e. The Bertz CT molecular complexity index is 795. The number of hydrogen-bond acceptors (Lipinski definition) is 4. The van der Waals surface area contributed by atoms with Gasteiger partial charge in [0.15, 0.2) is 9.84 Å². The van der Waals surface area contributed by atoms with E-state index in [-0.39, 0.29) is 11.4 Å². The zero-order valence-electron chi connectivity index (χ0n) is 11.8. The fourth-order valence-electron chi connectivity index (χ4n) is 3.08. The van der Waals surface area contributed by atoms with Crippen LogP contribution in [0.4, 0.5) is 4.39 Å². The lowest BCUT2D eigenvalue weighted by atomic mass is 10.1. The highest BCUT2D eigenvalue weighted by molar-refractivity contribution is 7.92. The van der Waals surface area contributed by atoms with Crippen LogP contribution in [0, 0.1) is 5.82 Å². The lowest BCUT2D eigenvalue weighted by molar-refractivity contribution is 0.586. The summed E-state index contributed by atoms with van der Waals surface area (Å²) in [5.41, 5.74) is 11.4. The van der Waals surface area contributed by atoms with E-state index in [1.165, 1.54) is 24.3 Å². The van der Waals surface area contributed by atoms with E-state index in [2.05, 4.69) is 0 Å². The Morgan fingerprint density at radius 1 is 1.09 bits per heavy atom. The predicted molar refractivity (Wildman–Crippen MR) is 82.5 cm³/mol. The Kier molecular flexibility index (Phi) is 3.55. The summed E-state index contributed by atoms with van der Waals surface area (Å²) in [4.78, 5) is 0.210. The first-order chi connectivity index (χ1) is 10.4. The molecule has 1 aliphatic carbocycles. The van der Waals surface area contributed by atoms with Crippen LogP contribution in [0.15, 0.2) is 59.5 Å². The van der Waals surface area contributed by atoms with E-state index in [1.807, 2.05) is 0 Å². The van der Waals surface area contributed by atoms with Crippen molar-refractivity contribution in [2.45, 2.75) is 21.6 Å². The van der Waals surface area contributed by atoms with E-state index in [9.17, 15) is 12.8 Å². The Morgan fingerprint density at radius 2 is 1.77 bits per heavy atom. The van der Waals surface area contributed by atoms with E-state index in [4.69, 9.17) is 11.5 Å². The Hall–Kier alpha value is -1.76. The van der Waals surface area contributed by atoms with Crippen LogP contribution < -0.4 is 11.5 Å². The number of sulfone groups is 1. The molecule has 4 N–H and O–H groups in total. The lowest BCUT2D eigenvalue weighted by Crippen LogP contribution is -2.39. The predicted octanol–water partition coefficient (Wildman–Crippen LogP) is 1.42. The van der Waals surface area contributed by atoms with Crippen LogP contribution in [0.3, 0.4) is 0 Å². The van der Waals surface area contributed by atoms with Gasteiger partial charge < -0.3 is 11.5 Å². The van der Waals surface area contributed by atoms with Gasteiger partial charge in [0.25, 0.3) is 0 Å². The molecule has 6 heteroatoms. The second-order valence-electron chi connectivity index (χ2n) is 5.63. The molecule has 4 nitrogen and oxygen atoms in total. The van der Waals surface area contributed by atoms with Crippen molar-refractivity contribution >= 4 is 9.84 Å². The monoisotopic (exact) mass is 320 g/mol. The van der Waals surface area contributed by atoms with Crippen LogP contribution in [0.1, 0.15) is 11.5 Å². The molecular formula is C16H17FN2O2S. The molecule has 0 heterocycles. The van der Waals surface area contributed by atoms with Gasteiger partial charge in [-0.05, 0) is 29.8 Å². The third-order valence-electron chi connectivity index (χ3n) is 4.27. The molecule has 3 atom stereocenters. The van der Waals surface area contributed by atoms with Crippen LogP contribution in [0.5, 0.6) is 0 Å². The Labute approximate surface area is 128 Å². The summed E-state index contributed by atoms with van der Waals surface area (Å²) in [5.74, 6) is -0.918.